The number of amides is 2. The van der Waals surface area contributed by atoms with Crippen molar-refractivity contribution in [2.75, 3.05) is 6.54 Å². The molecule has 0 fully saturated rings. The molecule has 0 saturated heterocycles. The van der Waals surface area contributed by atoms with Gasteiger partial charge in [0.15, 0.2) is 0 Å². The Morgan fingerprint density at radius 2 is 1.55 bits per heavy atom. The highest BCUT2D eigenvalue weighted by Gasteiger charge is 2.35. The molecule has 3 aromatic carbocycles. The monoisotopic (exact) mass is 436 g/mol. The molecule has 0 radical (unpaired) electrons. The Morgan fingerprint density at radius 1 is 0.909 bits per heavy atom. The van der Waals surface area contributed by atoms with Gasteiger partial charge in [-0.15, -0.1) is 0 Å². The quantitative estimate of drug-likeness (QED) is 0.435. The molecule has 1 unspecified atom stereocenters. The average molecular weight is 437 g/mol. The minimum Gasteiger partial charge on any atom is -0.334 e. The number of rotatable bonds is 6. The zero-order chi connectivity index (χ0) is 22.6. The van der Waals surface area contributed by atoms with Gasteiger partial charge in [0.05, 0.1) is 11.6 Å². The highest BCUT2D eigenvalue weighted by molar-refractivity contribution is 5.86. The second-order valence-electron chi connectivity index (χ2n) is 7.97. The van der Waals surface area contributed by atoms with E-state index in [0.717, 1.165) is 28.8 Å². The summed E-state index contributed by atoms with van der Waals surface area (Å²) in [4.78, 5) is 19.6. The normalized spacial score (nSPS) is 16.1. The van der Waals surface area contributed by atoms with Crippen LogP contribution in [0.5, 0.6) is 0 Å². The van der Waals surface area contributed by atoms with Crippen molar-refractivity contribution in [3.8, 4) is 11.4 Å². The van der Waals surface area contributed by atoms with Crippen LogP contribution in [0.25, 0.3) is 17.0 Å². The van der Waals surface area contributed by atoms with Gasteiger partial charge in [0.2, 0.25) is 5.82 Å². The molecule has 33 heavy (non-hydrogen) atoms. The number of benzene rings is 3. The van der Waals surface area contributed by atoms with Gasteiger partial charge in [-0.2, -0.15) is 4.98 Å². The van der Waals surface area contributed by atoms with Gasteiger partial charge in [0.25, 0.3) is 5.89 Å². The SMILES string of the molecule is CC1=C(c2nc(-c3ccccc3)no2)C(c2ccccc2)NC(=O)N1CCc1ccccc1. The molecule has 0 aliphatic carbocycles. The number of carbonyl (C=O) groups is 1. The standard InChI is InChI=1S/C27H24N4O2/c1-19-23(26-29-25(30-33-26)22-15-9-4-10-16-22)24(21-13-7-3-8-14-21)28-27(32)31(19)18-17-20-11-5-2-6-12-20/h2-16,24H,17-18H2,1H3,(H,28,32). The third kappa shape index (κ3) is 4.28. The van der Waals surface area contributed by atoms with E-state index in [-0.39, 0.29) is 12.1 Å². The van der Waals surface area contributed by atoms with Crippen LogP contribution in [0.15, 0.2) is 101 Å². The Morgan fingerprint density at radius 3 is 2.24 bits per heavy atom. The molecule has 6 heteroatoms. The molecule has 2 amide bonds. The summed E-state index contributed by atoms with van der Waals surface area (Å²) in [5.41, 5.74) is 4.63. The van der Waals surface area contributed by atoms with Crippen molar-refractivity contribution in [2.45, 2.75) is 19.4 Å². The molecule has 2 heterocycles. The van der Waals surface area contributed by atoms with Gasteiger partial charge in [-0.1, -0.05) is 96.2 Å². The van der Waals surface area contributed by atoms with E-state index >= 15 is 0 Å². The Bertz CT molecular complexity index is 1270. The van der Waals surface area contributed by atoms with Gasteiger partial charge in [0.1, 0.15) is 0 Å². The minimum atomic E-state index is -0.379. The summed E-state index contributed by atoms with van der Waals surface area (Å²) in [6, 6.07) is 29.2. The molecule has 1 N–H and O–H groups in total. The first-order chi connectivity index (χ1) is 16.2. The predicted molar refractivity (Wildman–Crippen MR) is 127 cm³/mol. The maximum atomic E-state index is 13.1. The van der Waals surface area contributed by atoms with Crippen LogP contribution in [0.2, 0.25) is 0 Å². The molecule has 164 valence electrons. The van der Waals surface area contributed by atoms with Crippen molar-refractivity contribution in [2.24, 2.45) is 0 Å². The van der Waals surface area contributed by atoms with Crippen LogP contribution in [0, 0.1) is 0 Å². The van der Waals surface area contributed by atoms with E-state index in [2.05, 4.69) is 22.6 Å². The summed E-state index contributed by atoms with van der Waals surface area (Å²) in [5.74, 6) is 0.926. The van der Waals surface area contributed by atoms with Gasteiger partial charge in [-0.25, -0.2) is 4.79 Å². The lowest BCUT2D eigenvalue weighted by Crippen LogP contribution is -2.46. The van der Waals surface area contributed by atoms with Crippen molar-refractivity contribution in [3.63, 3.8) is 0 Å². The molecular weight excluding hydrogens is 412 g/mol. The molecule has 1 aliphatic heterocycles. The third-order valence-corrected chi connectivity index (χ3v) is 5.88. The summed E-state index contributed by atoms with van der Waals surface area (Å²) < 4.78 is 5.73. The van der Waals surface area contributed by atoms with Gasteiger partial charge in [0, 0.05) is 17.8 Å². The van der Waals surface area contributed by atoms with Crippen molar-refractivity contribution in [1.29, 1.82) is 0 Å². The molecule has 0 saturated carbocycles. The van der Waals surface area contributed by atoms with Gasteiger partial charge in [-0.3, -0.25) is 4.90 Å². The summed E-state index contributed by atoms with van der Waals surface area (Å²) in [5, 5.41) is 7.36. The first-order valence-corrected chi connectivity index (χ1v) is 11.0. The smallest absolute Gasteiger partial charge is 0.322 e. The first-order valence-electron chi connectivity index (χ1n) is 11.0. The number of hydrogen-bond acceptors (Lipinski definition) is 4. The zero-order valence-electron chi connectivity index (χ0n) is 18.3. The van der Waals surface area contributed by atoms with Crippen molar-refractivity contribution >= 4 is 11.6 Å². The van der Waals surface area contributed by atoms with E-state index in [1.54, 1.807) is 4.90 Å². The van der Waals surface area contributed by atoms with Crippen molar-refractivity contribution < 1.29 is 9.32 Å². The summed E-state index contributed by atoms with van der Waals surface area (Å²) in [6.07, 6.45) is 0.744. The maximum Gasteiger partial charge on any atom is 0.322 e. The molecule has 1 aromatic heterocycles. The Balaban J connectivity index is 1.54. The summed E-state index contributed by atoms with van der Waals surface area (Å²) in [7, 11) is 0. The molecule has 0 bridgehead atoms. The van der Waals surface area contributed by atoms with Crippen molar-refractivity contribution in [1.82, 2.24) is 20.4 Å². The van der Waals surface area contributed by atoms with E-state index < -0.39 is 0 Å². The van der Waals surface area contributed by atoms with Crippen LogP contribution in [0.4, 0.5) is 4.79 Å². The van der Waals surface area contributed by atoms with E-state index in [1.807, 2.05) is 85.8 Å². The Labute approximate surface area is 192 Å². The number of allylic oxidation sites excluding steroid dienone is 1. The van der Waals surface area contributed by atoms with Crippen molar-refractivity contribution in [3.05, 3.63) is 114 Å². The largest absolute Gasteiger partial charge is 0.334 e. The first kappa shape index (κ1) is 20.7. The number of aromatic nitrogens is 2. The fraction of sp³-hybridized carbons (Fsp3) is 0.148. The predicted octanol–water partition coefficient (Wildman–Crippen LogP) is 5.48. The number of carbonyl (C=O) groups excluding carboxylic acids is 1. The summed E-state index contributed by atoms with van der Waals surface area (Å²) >= 11 is 0. The number of hydrogen-bond donors (Lipinski definition) is 1. The maximum absolute atomic E-state index is 13.1. The highest BCUT2D eigenvalue weighted by atomic mass is 16.5. The fourth-order valence-electron chi connectivity index (χ4n) is 4.15. The Kier molecular flexibility index (Phi) is 5.72. The molecule has 0 spiro atoms. The molecule has 5 rings (SSSR count). The third-order valence-electron chi connectivity index (χ3n) is 5.88. The molecule has 4 aromatic rings. The second-order valence-corrected chi connectivity index (χ2v) is 7.97. The number of nitrogens with one attached hydrogen (secondary N) is 1. The number of urea groups is 1. The lowest BCUT2D eigenvalue weighted by molar-refractivity contribution is 0.205. The van der Waals surface area contributed by atoms with Crippen LogP contribution in [0.1, 0.15) is 30.0 Å². The van der Waals surface area contributed by atoms with E-state index in [0.29, 0.717) is 18.3 Å². The number of nitrogens with zero attached hydrogens (tertiary/aromatic N) is 3. The molecule has 1 aliphatic rings. The summed E-state index contributed by atoms with van der Waals surface area (Å²) in [6.45, 7) is 2.49. The van der Waals surface area contributed by atoms with Gasteiger partial charge >= 0.3 is 6.03 Å². The molecular formula is C27H24N4O2. The molecule has 1 atom stereocenters. The minimum absolute atomic E-state index is 0.135. The van der Waals surface area contributed by atoms with Crippen LogP contribution >= 0.6 is 0 Å². The topological polar surface area (TPSA) is 71.3 Å². The van der Waals surface area contributed by atoms with Crippen LogP contribution in [0.3, 0.4) is 0 Å². The van der Waals surface area contributed by atoms with Crippen LogP contribution < -0.4 is 5.32 Å². The average Bonchev–Trinajstić information content (AvgIpc) is 3.35. The van der Waals surface area contributed by atoms with Crippen LogP contribution in [-0.4, -0.2) is 27.6 Å². The fourth-order valence-corrected chi connectivity index (χ4v) is 4.15. The Hall–Kier alpha value is -4.19. The molecule has 6 nitrogen and oxygen atoms in total. The van der Waals surface area contributed by atoms with E-state index in [4.69, 9.17) is 9.51 Å². The van der Waals surface area contributed by atoms with E-state index in [9.17, 15) is 4.79 Å². The van der Waals surface area contributed by atoms with Gasteiger partial charge in [-0.05, 0) is 24.5 Å². The second kappa shape index (κ2) is 9.12. The lowest BCUT2D eigenvalue weighted by atomic mass is 9.94. The van der Waals surface area contributed by atoms with Gasteiger partial charge < -0.3 is 9.84 Å². The zero-order valence-corrected chi connectivity index (χ0v) is 18.3. The van der Waals surface area contributed by atoms with Crippen LogP contribution in [-0.2, 0) is 6.42 Å². The van der Waals surface area contributed by atoms with E-state index in [1.165, 1.54) is 5.56 Å². The highest BCUT2D eigenvalue weighted by Crippen LogP contribution is 2.37. The lowest BCUT2D eigenvalue weighted by Gasteiger charge is -2.35.